The molecule has 1 heterocycles. The third-order valence-electron chi connectivity index (χ3n) is 5.76. The standard InChI is InChI=1S/C27H25N3O4/c1-16(2)19-5-9-21(10-6-19)28-25-24(20-7-11-22(12-8-20)30(33)34)26(31)29(27(25)32)23-14-17(3)13-18(4)15-23/h5-16,28H,1-4H3. The number of imide groups is 1. The molecule has 7 heteroatoms. The fraction of sp³-hybridized carbons (Fsp3) is 0.185. The Hall–Kier alpha value is -4.26. The zero-order valence-corrected chi connectivity index (χ0v) is 19.5. The molecule has 0 bridgehead atoms. The summed E-state index contributed by atoms with van der Waals surface area (Å²) in [5.74, 6) is -0.597. The van der Waals surface area contributed by atoms with Gasteiger partial charge in [-0.1, -0.05) is 32.0 Å². The molecule has 0 saturated carbocycles. The SMILES string of the molecule is Cc1cc(C)cc(N2C(=O)C(Nc3ccc(C(C)C)cc3)=C(c3ccc([N+](=O)[O-])cc3)C2=O)c1. The van der Waals surface area contributed by atoms with E-state index in [0.717, 1.165) is 21.6 Å². The van der Waals surface area contributed by atoms with Gasteiger partial charge in [-0.15, -0.1) is 0 Å². The first-order chi connectivity index (χ1) is 16.2. The number of carbonyl (C=O) groups is 2. The van der Waals surface area contributed by atoms with Gasteiger partial charge in [0.15, 0.2) is 0 Å². The number of nitrogens with zero attached hydrogens (tertiary/aromatic N) is 2. The lowest BCUT2D eigenvalue weighted by Gasteiger charge is -2.17. The molecule has 1 aliphatic heterocycles. The minimum absolute atomic E-state index is 0.0916. The van der Waals surface area contributed by atoms with Crippen molar-refractivity contribution in [2.45, 2.75) is 33.6 Å². The quantitative estimate of drug-likeness (QED) is 0.291. The van der Waals surface area contributed by atoms with Crippen LogP contribution in [0.3, 0.4) is 0 Å². The topological polar surface area (TPSA) is 92.6 Å². The molecule has 3 aromatic rings. The summed E-state index contributed by atoms with van der Waals surface area (Å²) in [4.78, 5) is 38.9. The Morgan fingerprint density at radius 3 is 1.97 bits per heavy atom. The molecule has 4 rings (SSSR count). The summed E-state index contributed by atoms with van der Waals surface area (Å²) in [7, 11) is 0. The molecule has 172 valence electrons. The Morgan fingerprint density at radius 2 is 1.44 bits per heavy atom. The Labute approximate surface area is 197 Å². The van der Waals surface area contributed by atoms with Crippen LogP contribution >= 0.6 is 0 Å². The largest absolute Gasteiger partial charge is 0.350 e. The first-order valence-corrected chi connectivity index (χ1v) is 11.0. The number of hydrogen-bond donors (Lipinski definition) is 1. The van der Waals surface area contributed by atoms with Crippen molar-refractivity contribution >= 4 is 34.4 Å². The van der Waals surface area contributed by atoms with Crippen LogP contribution in [0.15, 0.2) is 72.4 Å². The third kappa shape index (κ3) is 4.32. The monoisotopic (exact) mass is 455 g/mol. The Morgan fingerprint density at radius 1 is 0.853 bits per heavy atom. The van der Waals surface area contributed by atoms with Crippen LogP contribution in [0.25, 0.3) is 5.57 Å². The van der Waals surface area contributed by atoms with E-state index in [0.29, 0.717) is 22.9 Å². The van der Waals surface area contributed by atoms with Gasteiger partial charge in [-0.05, 0) is 78.4 Å². The first kappa shape index (κ1) is 22.9. The molecule has 3 aromatic carbocycles. The molecule has 2 amide bonds. The average molecular weight is 456 g/mol. The number of nitro groups is 1. The average Bonchev–Trinajstić information content (AvgIpc) is 3.02. The molecule has 0 aromatic heterocycles. The highest BCUT2D eigenvalue weighted by atomic mass is 16.6. The van der Waals surface area contributed by atoms with Crippen molar-refractivity contribution in [1.82, 2.24) is 0 Å². The number of benzene rings is 3. The number of aryl methyl sites for hydroxylation is 2. The molecule has 7 nitrogen and oxygen atoms in total. The third-order valence-corrected chi connectivity index (χ3v) is 5.76. The molecule has 0 spiro atoms. The maximum atomic E-state index is 13.6. The van der Waals surface area contributed by atoms with Gasteiger partial charge in [0.2, 0.25) is 0 Å². The number of nitro benzene ring substituents is 1. The summed E-state index contributed by atoms with van der Waals surface area (Å²) in [5.41, 5.74) is 4.81. The number of rotatable bonds is 6. The fourth-order valence-corrected chi connectivity index (χ4v) is 4.07. The normalized spacial score (nSPS) is 13.7. The number of nitrogens with one attached hydrogen (secondary N) is 1. The molecule has 34 heavy (non-hydrogen) atoms. The maximum absolute atomic E-state index is 13.6. The first-order valence-electron chi connectivity index (χ1n) is 11.0. The summed E-state index contributed by atoms with van der Waals surface area (Å²) in [6.45, 7) is 8.00. The Bertz CT molecular complexity index is 1300. The molecule has 0 radical (unpaired) electrons. The van der Waals surface area contributed by atoms with Gasteiger partial charge in [0.25, 0.3) is 17.5 Å². The minimum Gasteiger partial charge on any atom is -0.350 e. The summed E-state index contributed by atoms with van der Waals surface area (Å²) in [6, 6.07) is 18.9. The van der Waals surface area contributed by atoms with Gasteiger partial charge < -0.3 is 5.32 Å². The van der Waals surface area contributed by atoms with Crippen molar-refractivity contribution in [3.8, 4) is 0 Å². The molecular weight excluding hydrogens is 430 g/mol. The number of hydrogen-bond acceptors (Lipinski definition) is 5. The van der Waals surface area contributed by atoms with Crippen molar-refractivity contribution in [2.24, 2.45) is 0 Å². The van der Waals surface area contributed by atoms with Crippen LogP contribution in [-0.2, 0) is 9.59 Å². The van der Waals surface area contributed by atoms with Gasteiger partial charge in [-0.2, -0.15) is 0 Å². The van der Waals surface area contributed by atoms with Crippen LogP contribution in [-0.4, -0.2) is 16.7 Å². The summed E-state index contributed by atoms with van der Waals surface area (Å²) in [5, 5.41) is 14.2. The molecule has 1 N–H and O–H groups in total. The van der Waals surface area contributed by atoms with E-state index in [1.165, 1.54) is 24.3 Å². The molecule has 0 unspecified atom stereocenters. The second-order valence-electron chi connectivity index (χ2n) is 8.75. The fourth-order valence-electron chi connectivity index (χ4n) is 4.07. The highest BCUT2D eigenvalue weighted by Crippen LogP contribution is 2.35. The van der Waals surface area contributed by atoms with Gasteiger partial charge in [0.05, 0.1) is 16.2 Å². The van der Waals surface area contributed by atoms with Crippen molar-refractivity contribution < 1.29 is 14.5 Å². The van der Waals surface area contributed by atoms with Gasteiger partial charge in [0, 0.05) is 17.8 Å². The predicted molar refractivity (Wildman–Crippen MR) is 133 cm³/mol. The van der Waals surface area contributed by atoms with E-state index in [1.54, 1.807) is 12.1 Å². The lowest BCUT2D eigenvalue weighted by molar-refractivity contribution is -0.384. The predicted octanol–water partition coefficient (Wildman–Crippen LogP) is 5.73. The lowest BCUT2D eigenvalue weighted by Crippen LogP contribution is -2.32. The number of anilines is 2. The maximum Gasteiger partial charge on any atom is 0.282 e. The minimum atomic E-state index is -0.503. The molecule has 0 atom stereocenters. The molecule has 1 aliphatic rings. The van der Waals surface area contributed by atoms with Crippen LogP contribution in [0.2, 0.25) is 0 Å². The van der Waals surface area contributed by atoms with E-state index in [1.807, 2.05) is 44.2 Å². The number of carbonyl (C=O) groups excluding carboxylic acids is 2. The molecule has 0 aliphatic carbocycles. The highest BCUT2D eigenvalue weighted by Gasteiger charge is 2.40. The summed E-state index contributed by atoms with van der Waals surface area (Å²) >= 11 is 0. The number of amides is 2. The zero-order chi connectivity index (χ0) is 24.6. The molecule has 0 saturated heterocycles. The Kier molecular flexibility index (Phi) is 6.03. The van der Waals surface area contributed by atoms with E-state index in [2.05, 4.69) is 19.2 Å². The zero-order valence-electron chi connectivity index (χ0n) is 19.5. The van der Waals surface area contributed by atoms with Crippen LogP contribution in [0.5, 0.6) is 0 Å². The summed E-state index contributed by atoms with van der Waals surface area (Å²) < 4.78 is 0. The smallest absolute Gasteiger partial charge is 0.282 e. The van der Waals surface area contributed by atoms with Gasteiger partial charge in [-0.25, -0.2) is 4.90 Å². The lowest BCUT2D eigenvalue weighted by atomic mass is 10.0. The van der Waals surface area contributed by atoms with E-state index in [9.17, 15) is 19.7 Å². The second-order valence-corrected chi connectivity index (χ2v) is 8.75. The van der Waals surface area contributed by atoms with E-state index < -0.39 is 16.7 Å². The van der Waals surface area contributed by atoms with Crippen LogP contribution in [0.1, 0.15) is 42.0 Å². The molecule has 0 fully saturated rings. The molecular formula is C27H25N3O4. The van der Waals surface area contributed by atoms with Crippen molar-refractivity contribution in [2.75, 3.05) is 10.2 Å². The van der Waals surface area contributed by atoms with Crippen LogP contribution in [0.4, 0.5) is 17.1 Å². The highest BCUT2D eigenvalue weighted by molar-refractivity contribution is 6.46. The van der Waals surface area contributed by atoms with Crippen molar-refractivity contribution in [3.63, 3.8) is 0 Å². The van der Waals surface area contributed by atoms with Crippen LogP contribution in [0, 0.1) is 24.0 Å². The van der Waals surface area contributed by atoms with Crippen LogP contribution < -0.4 is 10.2 Å². The van der Waals surface area contributed by atoms with E-state index >= 15 is 0 Å². The summed E-state index contributed by atoms with van der Waals surface area (Å²) in [6.07, 6.45) is 0. The van der Waals surface area contributed by atoms with Gasteiger partial charge in [-0.3, -0.25) is 19.7 Å². The van der Waals surface area contributed by atoms with E-state index in [-0.39, 0.29) is 17.0 Å². The second kappa shape index (κ2) is 8.94. The Balaban J connectivity index is 1.80. The van der Waals surface area contributed by atoms with Gasteiger partial charge in [0.1, 0.15) is 5.70 Å². The van der Waals surface area contributed by atoms with Gasteiger partial charge >= 0.3 is 0 Å². The van der Waals surface area contributed by atoms with Crippen molar-refractivity contribution in [1.29, 1.82) is 0 Å². The van der Waals surface area contributed by atoms with E-state index in [4.69, 9.17) is 0 Å². The van der Waals surface area contributed by atoms with Crippen molar-refractivity contribution in [3.05, 3.63) is 105 Å². The number of non-ortho nitro benzene ring substituents is 1.